The summed E-state index contributed by atoms with van der Waals surface area (Å²) in [4.78, 5) is 0. The summed E-state index contributed by atoms with van der Waals surface area (Å²) in [5.41, 5.74) is 1.40. The van der Waals surface area contributed by atoms with E-state index in [1.54, 1.807) is 6.08 Å². The van der Waals surface area contributed by atoms with Crippen molar-refractivity contribution in [2.24, 2.45) is 0 Å². The van der Waals surface area contributed by atoms with E-state index in [2.05, 4.69) is 24.3 Å². The third kappa shape index (κ3) is 4.36. The van der Waals surface area contributed by atoms with E-state index in [1.165, 1.54) is 12.0 Å². The van der Waals surface area contributed by atoms with Crippen molar-refractivity contribution in [3.05, 3.63) is 48.2 Å². The van der Waals surface area contributed by atoms with Crippen molar-refractivity contribution in [2.75, 3.05) is 0 Å². The third-order valence-electron chi connectivity index (χ3n) is 2.03. The summed E-state index contributed by atoms with van der Waals surface area (Å²) in [5.74, 6) is 0. The van der Waals surface area contributed by atoms with E-state index in [0.29, 0.717) is 0 Å². The topological polar surface area (TPSA) is 20.2 Å². The van der Waals surface area contributed by atoms with Gasteiger partial charge in [-0.2, -0.15) is 0 Å². The molecule has 1 nitrogen and oxygen atoms in total. The van der Waals surface area contributed by atoms with Crippen molar-refractivity contribution >= 4 is 0 Å². The average Bonchev–Trinajstić information content (AvgIpc) is 2.19. The number of rotatable bonds is 5. The molecule has 0 aliphatic carbocycles. The SMILES string of the molecule is O/C=C/CCCCc1ccccc1. The standard InChI is InChI=1S/C12H16O/c13-11-7-2-1-4-8-12-9-5-3-6-10-12/h3,5-7,9-11,13H,1-2,4,8H2/b11-7+. The zero-order valence-electron chi connectivity index (χ0n) is 7.82. The van der Waals surface area contributed by atoms with Crippen LogP contribution in [-0.2, 0) is 6.42 Å². The summed E-state index contributed by atoms with van der Waals surface area (Å²) < 4.78 is 0. The molecular weight excluding hydrogens is 160 g/mol. The van der Waals surface area contributed by atoms with Crippen LogP contribution in [0.15, 0.2) is 42.7 Å². The molecule has 0 amide bonds. The molecule has 0 radical (unpaired) electrons. The Hall–Kier alpha value is -1.24. The van der Waals surface area contributed by atoms with Crippen LogP contribution in [0.25, 0.3) is 0 Å². The largest absolute Gasteiger partial charge is 0.516 e. The summed E-state index contributed by atoms with van der Waals surface area (Å²) in [6, 6.07) is 10.5. The number of hydrogen-bond acceptors (Lipinski definition) is 1. The third-order valence-corrected chi connectivity index (χ3v) is 2.03. The molecule has 1 heteroatoms. The van der Waals surface area contributed by atoms with Gasteiger partial charge >= 0.3 is 0 Å². The van der Waals surface area contributed by atoms with Gasteiger partial charge in [0.15, 0.2) is 0 Å². The minimum Gasteiger partial charge on any atom is -0.516 e. The number of aliphatic hydroxyl groups is 1. The molecule has 0 fully saturated rings. The first kappa shape index (κ1) is 9.85. The predicted molar refractivity (Wildman–Crippen MR) is 55.8 cm³/mol. The van der Waals surface area contributed by atoms with Gasteiger partial charge in [-0.1, -0.05) is 36.4 Å². The van der Waals surface area contributed by atoms with Crippen molar-refractivity contribution in [3.63, 3.8) is 0 Å². The number of hydrogen-bond donors (Lipinski definition) is 1. The molecule has 0 bridgehead atoms. The lowest BCUT2D eigenvalue weighted by atomic mass is 10.1. The lowest BCUT2D eigenvalue weighted by molar-refractivity contribution is 0.470. The van der Waals surface area contributed by atoms with Gasteiger partial charge in [-0.3, -0.25) is 0 Å². The Morgan fingerprint density at radius 1 is 1.08 bits per heavy atom. The maximum absolute atomic E-state index is 8.40. The highest BCUT2D eigenvalue weighted by Gasteiger charge is 1.90. The molecule has 0 aliphatic heterocycles. The number of benzene rings is 1. The van der Waals surface area contributed by atoms with Crippen molar-refractivity contribution in [1.29, 1.82) is 0 Å². The highest BCUT2D eigenvalue weighted by molar-refractivity contribution is 5.14. The normalized spacial score (nSPS) is 10.8. The van der Waals surface area contributed by atoms with Crippen LogP contribution in [0, 0.1) is 0 Å². The Kier molecular flexibility index (Phi) is 4.77. The van der Waals surface area contributed by atoms with Crippen molar-refractivity contribution < 1.29 is 5.11 Å². The van der Waals surface area contributed by atoms with Crippen molar-refractivity contribution in [3.8, 4) is 0 Å². The maximum atomic E-state index is 8.40. The molecule has 0 aliphatic rings. The van der Waals surface area contributed by atoms with Gasteiger partial charge < -0.3 is 5.11 Å². The average molecular weight is 176 g/mol. The van der Waals surface area contributed by atoms with Crippen LogP contribution in [-0.4, -0.2) is 5.11 Å². The van der Waals surface area contributed by atoms with Crippen LogP contribution >= 0.6 is 0 Å². The smallest absolute Gasteiger partial charge is 0.0751 e. The fraction of sp³-hybridized carbons (Fsp3) is 0.333. The molecular formula is C12H16O. The van der Waals surface area contributed by atoms with E-state index < -0.39 is 0 Å². The Morgan fingerprint density at radius 2 is 1.85 bits per heavy atom. The summed E-state index contributed by atoms with van der Waals surface area (Å²) in [7, 11) is 0. The van der Waals surface area contributed by atoms with Crippen LogP contribution in [0.1, 0.15) is 24.8 Å². The molecule has 0 spiro atoms. The molecule has 0 atom stereocenters. The highest BCUT2D eigenvalue weighted by atomic mass is 16.2. The molecule has 0 saturated carbocycles. The van der Waals surface area contributed by atoms with E-state index in [-0.39, 0.29) is 0 Å². The molecule has 1 aromatic rings. The quantitative estimate of drug-likeness (QED) is 0.538. The second-order valence-electron chi connectivity index (χ2n) is 3.12. The van der Waals surface area contributed by atoms with Crippen LogP contribution < -0.4 is 0 Å². The van der Waals surface area contributed by atoms with Gasteiger partial charge in [0.25, 0.3) is 0 Å². The molecule has 70 valence electrons. The molecule has 1 rings (SSSR count). The Labute approximate surface area is 79.7 Å². The summed E-state index contributed by atoms with van der Waals surface area (Å²) in [6.45, 7) is 0. The van der Waals surface area contributed by atoms with Gasteiger partial charge in [0.2, 0.25) is 0 Å². The highest BCUT2D eigenvalue weighted by Crippen LogP contribution is 2.06. The number of allylic oxidation sites excluding steroid dienone is 1. The zero-order valence-corrected chi connectivity index (χ0v) is 7.82. The lowest BCUT2D eigenvalue weighted by Crippen LogP contribution is -1.83. The molecule has 1 aromatic carbocycles. The van der Waals surface area contributed by atoms with Crippen molar-refractivity contribution in [2.45, 2.75) is 25.7 Å². The van der Waals surface area contributed by atoms with E-state index in [0.717, 1.165) is 25.5 Å². The van der Waals surface area contributed by atoms with Gasteiger partial charge in [-0.05, 0) is 31.2 Å². The van der Waals surface area contributed by atoms with Crippen molar-refractivity contribution in [1.82, 2.24) is 0 Å². The number of aryl methyl sites for hydroxylation is 1. The predicted octanol–water partition coefficient (Wildman–Crippen LogP) is 3.47. The van der Waals surface area contributed by atoms with Crippen LogP contribution in [0.4, 0.5) is 0 Å². The maximum Gasteiger partial charge on any atom is 0.0751 e. The fourth-order valence-electron chi connectivity index (χ4n) is 1.31. The summed E-state index contributed by atoms with van der Waals surface area (Å²) in [5, 5.41) is 8.40. The molecule has 0 saturated heterocycles. The minimum atomic E-state index is 0.976. The van der Waals surface area contributed by atoms with Gasteiger partial charge in [-0.15, -0.1) is 0 Å². The first-order chi connectivity index (χ1) is 6.43. The van der Waals surface area contributed by atoms with E-state index >= 15 is 0 Å². The monoisotopic (exact) mass is 176 g/mol. The Morgan fingerprint density at radius 3 is 2.54 bits per heavy atom. The minimum absolute atomic E-state index is 0.976. The second kappa shape index (κ2) is 6.30. The van der Waals surface area contributed by atoms with Crippen LogP contribution in [0.5, 0.6) is 0 Å². The van der Waals surface area contributed by atoms with Gasteiger partial charge in [0.1, 0.15) is 0 Å². The molecule has 13 heavy (non-hydrogen) atoms. The lowest BCUT2D eigenvalue weighted by Gasteiger charge is -1.98. The van der Waals surface area contributed by atoms with Gasteiger partial charge in [0.05, 0.1) is 6.26 Å². The van der Waals surface area contributed by atoms with Crippen LogP contribution in [0.2, 0.25) is 0 Å². The number of aliphatic hydroxyl groups excluding tert-OH is 1. The molecule has 1 N–H and O–H groups in total. The summed E-state index contributed by atoms with van der Waals surface area (Å²) >= 11 is 0. The first-order valence-corrected chi connectivity index (χ1v) is 4.76. The summed E-state index contributed by atoms with van der Waals surface area (Å²) in [6.07, 6.45) is 7.37. The molecule has 0 unspecified atom stereocenters. The van der Waals surface area contributed by atoms with E-state index in [9.17, 15) is 0 Å². The van der Waals surface area contributed by atoms with Gasteiger partial charge in [-0.25, -0.2) is 0 Å². The zero-order chi connectivity index (χ0) is 9.36. The Bertz CT molecular complexity index is 239. The first-order valence-electron chi connectivity index (χ1n) is 4.76. The fourth-order valence-corrected chi connectivity index (χ4v) is 1.31. The molecule has 0 heterocycles. The Balaban J connectivity index is 2.13. The van der Waals surface area contributed by atoms with Gasteiger partial charge in [0, 0.05) is 0 Å². The van der Waals surface area contributed by atoms with E-state index in [4.69, 9.17) is 5.11 Å². The van der Waals surface area contributed by atoms with E-state index in [1.807, 2.05) is 6.07 Å². The second-order valence-corrected chi connectivity index (χ2v) is 3.12. The number of unbranched alkanes of at least 4 members (excludes halogenated alkanes) is 2. The molecule has 0 aromatic heterocycles. The van der Waals surface area contributed by atoms with Crippen LogP contribution in [0.3, 0.4) is 0 Å².